The zero-order valence-electron chi connectivity index (χ0n) is 37.8. The largest absolute Gasteiger partial charge is 0.507 e. The summed E-state index contributed by atoms with van der Waals surface area (Å²) in [5, 5.41) is 40.3. The van der Waals surface area contributed by atoms with E-state index in [1.54, 1.807) is 52.5 Å². The van der Waals surface area contributed by atoms with Crippen LogP contribution in [0.3, 0.4) is 0 Å². The van der Waals surface area contributed by atoms with Gasteiger partial charge in [0.2, 0.25) is 11.8 Å². The van der Waals surface area contributed by atoms with Gasteiger partial charge in [-0.05, 0) is 47.3 Å². The lowest BCUT2D eigenvalue weighted by Crippen LogP contribution is -2.48. The molecule has 1 aliphatic heterocycles. The van der Waals surface area contributed by atoms with Crippen LogP contribution in [0.15, 0.2) is 83.1 Å². The molecule has 5 N–H and O–H groups in total. The minimum atomic E-state index is -0.830. The maximum Gasteiger partial charge on any atom is 0.254 e. The highest BCUT2D eigenvalue weighted by molar-refractivity contribution is 7.13. The molecule has 2 amide bonds. The van der Waals surface area contributed by atoms with Crippen molar-refractivity contribution in [3.8, 4) is 44.5 Å². The predicted octanol–water partition coefficient (Wildman–Crippen LogP) is 4.88. The third kappa shape index (κ3) is 13.2. The Morgan fingerprint density at radius 1 is 0.910 bits per heavy atom. The third-order valence-electron chi connectivity index (χ3n) is 11.0. The van der Waals surface area contributed by atoms with Gasteiger partial charge in [-0.1, -0.05) is 50.2 Å². The maximum atomic E-state index is 14.0. The minimum absolute atomic E-state index is 0.0382. The Morgan fingerprint density at radius 3 is 2.30 bits per heavy atom. The number of aliphatic hydroxyl groups excluding tert-OH is 1. The molecule has 19 nitrogen and oxygen atoms in total. The molecule has 0 aliphatic carbocycles. The average molecular weight is 940 g/mol. The number of benzene rings is 2. The Bertz CT molecular complexity index is 2510. The molecule has 356 valence electrons. The van der Waals surface area contributed by atoms with Gasteiger partial charge in [0.05, 0.1) is 93.5 Å². The van der Waals surface area contributed by atoms with E-state index in [-0.39, 0.29) is 67.9 Å². The number of ether oxygens (including phenoxy) is 5. The molecule has 1 saturated heterocycles. The number of aliphatic hydroxyl groups is 1. The van der Waals surface area contributed by atoms with E-state index >= 15 is 0 Å². The van der Waals surface area contributed by atoms with Crippen molar-refractivity contribution in [1.29, 1.82) is 0 Å². The van der Waals surface area contributed by atoms with Gasteiger partial charge >= 0.3 is 0 Å². The lowest BCUT2D eigenvalue weighted by molar-refractivity contribution is -0.141. The number of hydrogen-bond acceptors (Lipinski definition) is 17. The zero-order valence-corrected chi connectivity index (χ0v) is 38.6. The van der Waals surface area contributed by atoms with Gasteiger partial charge in [-0.15, -0.1) is 21.5 Å². The van der Waals surface area contributed by atoms with Crippen molar-refractivity contribution >= 4 is 29.0 Å². The number of thiazole rings is 1. The Kier molecular flexibility index (Phi) is 17.4. The average Bonchev–Trinajstić information content (AvgIpc) is 4.16. The normalized spacial score (nSPS) is 15.3. The van der Waals surface area contributed by atoms with Crippen molar-refractivity contribution in [2.24, 2.45) is 5.92 Å². The van der Waals surface area contributed by atoms with Crippen molar-refractivity contribution in [3.63, 3.8) is 0 Å². The SMILES string of the molecule is Cc1ncsc1-c1ccc(CNC(=O)[C@@H]2C[C@@H](O)CN2C(=O)[C@H](c2cc(OCCOCCOCCOCCOCCn3cc(-c4cc(-c5ccccc5O)nnc4N)cn3)no2)C(C)C)cc1. The molecule has 3 atom stereocenters. The van der Waals surface area contributed by atoms with Crippen LogP contribution in [0.5, 0.6) is 11.6 Å². The van der Waals surface area contributed by atoms with Crippen molar-refractivity contribution in [2.45, 2.75) is 58.3 Å². The third-order valence-corrected chi connectivity index (χ3v) is 12.0. The van der Waals surface area contributed by atoms with E-state index in [1.165, 1.54) is 4.90 Å². The van der Waals surface area contributed by atoms with Crippen LogP contribution in [-0.2, 0) is 41.6 Å². The molecule has 0 radical (unpaired) electrons. The molecule has 1 aliphatic rings. The summed E-state index contributed by atoms with van der Waals surface area (Å²) in [7, 11) is 0. The molecule has 0 unspecified atom stereocenters. The summed E-state index contributed by atoms with van der Waals surface area (Å²) in [4.78, 5) is 34.3. The smallest absolute Gasteiger partial charge is 0.254 e. The molecule has 1 fully saturated rings. The number of carbonyl (C=O) groups is 2. The highest BCUT2D eigenvalue weighted by Crippen LogP contribution is 2.34. The van der Waals surface area contributed by atoms with Crippen LogP contribution >= 0.6 is 11.3 Å². The number of nitrogens with zero attached hydrogens (tertiary/aromatic N) is 7. The second-order valence-electron chi connectivity index (χ2n) is 16.2. The second kappa shape index (κ2) is 23.9. The van der Waals surface area contributed by atoms with Gasteiger partial charge in [0.1, 0.15) is 24.3 Å². The van der Waals surface area contributed by atoms with Crippen LogP contribution in [0, 0.1) is 12.8 Å². The van der Waals surface area contributed by atoms with E-state index in [1.807, 2.05) is 62.8 Å². The zero-order chi connectivity index (χ0) is 47.1. The first-order chi connectivity index (χ1) is 32.5. The number of amides is 2. The molecular formula is C47H57N9O10S. The van der Waals surface area contributed by atoms with Gasteiger partial charge in [0.25, 0.3) is 5.88 Å². The number of nitrogens with two attached hydrogens (primary N) is 1. The molecule has 7 rings (SSSR count). The van der Waals surface area contributed by atoms with Crippen molar-refractivity contribution in [3.05, 3.63) is 95.6 Å². The topological polar surface area (TPSA) is 245 Å². The van der Waals surface area contributed by atoms with E-state index in [0.29, 0.717) is 75.4 Å². The standard InChI is InChI=1S/C47H57N9O10S/c1-30(2)43(47(60)56-28-35(57)22-39(56)46(59)49-25-32-8-10-33(11-9-32)44-31(3)50-29-67-44)41-24-42(54-66-41)65-21-20-64-19-18-63-17-16-62-15-14-61-13-12-55-27-34(26-51-55)37-23-38(52-53-45(37)48)36-6-4-5-7-40(36)58/h4-11,23-24,26-27,29-30,35,39,43,57-58H,12-22,25,28H2,1-3H3,(H2,48,53)(H,49,59)/t35-,39+,43+/m1/s1. The van der Waals surface area contributed by atoms with Crippen LogP contribution in [-0.4, -0.2) is 135 Å². The van der Waals surface area contributed by atoms with Gasteiger partial charge in [-0.3, -0.25) is 14.3 Å². The van der Waals surface area contributed by atoms with Gasteiger partial charge in [0, 0.05) is 48.5 Å². The molecule has 0 spiro atoms. The number of aromatic nitrogens is 6. The summed E-state index contributed by atoms with van der Waals surface area (Å²) in [6.45, 7) is 9.87. The summed E-state index contributed by atoms with van der Waals surface area (Å²) in [6.07, 6.45) is 2.86. The second-order valence-corrected chi connectivity index (χ2v) is 17.1. The van der Waals surface area contributed by atoms with Gasteiger partial charge in [-0.25, -0.2) is 4.98 Å². The fourth-order valence-corrected chi connectivity index (χ4v) is 8.38. The number of anilines is 1. The number of aryl methyl sites for hydroxylation is 1. The number of nitrogen functional groups attached to an aromatic ring is 1. The summed E-state index contributed by atoms with van der Waals surface area (Å²) in [5.41, 5.74) is 13.4. The molecule has 67 heavy (non-hydrogen) atoms. The molecule has 0 bridgehead atoms. The Hall–Kier alpha value is -6.29. The fraction of sp³-hybridized carbons (Fsp3) is 0.426. The highest BCUT2D eigenvalue weighted by Gasteiger charge is 2.43. The summed E-state index contributed by atoms with van der Waals surface area (Å²) in [6, 6.07) is 17.4. The van der Waals surface area contributed by atoms with Crippen LogP contribution in [0.25, 0.3) is 32.8 Å². The first-order valence-corrected chi connectivity index (χ1v) is 23.0. The Labute approximate surface area is 392 Å². The number of aromatic hydroxyl groups is 1. The van der Waals surface area contributed by atoms with E-state index in [0.717, 1.165) is 27.3 Å². The molecular weight excluding hydrogens is 883 g/mol. The maximum absolute atomic E-state index is 14.0. The molecule has 2 aromatic carbocycles. The van der Waals surface area contributed by atoms with E-state index in [4.69, 9.17) is 33.9 Å². The number of β-amino-alcohol motifs (C(OH)–C–C–N with tert-alkyl or cyclic N) is 1. The number of phenols is 1. The number of nitrogens with one attached hydrogen (secondary N) is 1. The molecule has 20 heteroatoms. The van der Waals surface area contributed by atoms with E-state index in [2.05, 4.69) is 30.8 Å². The van der Waals surface area contributed by atoms with Crippen molar-refractivity contribution in [1.82, 2.24) is 40.3 Å². The van der Waals surface area contributed by atoms with Gasteiger partial charge < -0.3 is 54.4 Å². The highest BCUT2D eigenvalue weighted by atomic mass is 32.1. The number of para-hydroxylation sites is 1. The molecule has 0 saturated carbocycles. The lowest BCUT2D eigenvalue weighted by atomic mass is 9.91. The fourth-order valence-electron chi connectivity index (χ4n) is 7.57. The van der Waals surface area contributed by atoms with Crippen LogP contribution in [0.1, 0.15) is 43.2 Å². The number of carbonyl (C=O) groups excluding carboxylic acids is 2. The summed E-state index contributed by atoms with van der Waals surface area (Å²) < 4.78 is 35.6. The monoisotopic (exact) mass is 939 g/mol. The molecule has 5 heterocycles. The van der Waals surface area contributed by atoms with Crippen LogP contribution < -0.4 is 15.8 Å². The van der Waals surface area contributed by atoms with Crippen molar-refractivity contribution in [2.75, 3.05) is 71.7 Å². The molecule has 6 aromatic rings. The minimum Gasteiger partial charge on any atom is -0.507 e. The quantitative estimate of drug-likeness (QED) is 0.0559. The predicted molar refractivity (Wildman–Crippen MR) is 248 cm³/mol. The summed E-state index contributed by atoms with van der Waals surface area (Å²) >= 11 is 1.58. The summed E-state index contributed by atoms with van der Waals surface area (Å²) in [5.74, 6) is -0.705. The Morgan fingerprint density at radius 2 is 1.61 bits per heavy atom. The first kappa shape index (κ1) is 48.6. The number of phenolic OH excluding ortho intramolecular Hbond substituents is 1. The Balaban J connectivity index is 0.729. The number of likely N-dealkylation sites (tertiary alicyclic amines) is 1. The van der Waals surface area contributed by atoms with Crippen molar-refractivity contribution < 1.29 is 48.0 Å². The number of hydrogen-bond donors (Lipinski definition) is 4. The van der Waals surface area contributed by atoms with Crippen LogP contribution in [0.4, 0.5) is 5.82 Å². The lowest BCUT2D eigenvalue weighted by Gasteiger charge is -2.28. The first-order valence-electron chi connectivity index (χ1n) is 22.2. The van der Waals surface area contributed by atoms with Gasteiger partial charge in [-0.2, -0.15) is 5.10 Å². The van der Waals surface area contributed by atoms with E-state index < -0.39 is 18.1 Å². The van der Waals surface area contributed by atoms with E-state index in [9.17, 15) is 19.8 Å². The molecule has 4 aromatic heterocycles. The van der Waals surface area contributed by atoms with Crippen LogP contribution in [0.2, 0.25) is 0 Å². The van der Waals surface area contributed by atoms with Gasteiger partial charge in [0.15, 0.2) is 11.6 Å². The number of rotatable bonds is 25.